The topological polar surface area (TPSA) is 88.2 Å². The second kappa shape index (κ2) is 6.99. The van der Waals surface area contributed by atoms with Crippen LogP contribution in [0.3, 0.4) is 0 Å². The SMILES string of the molecule is O=C(c1ccccc1)c1cc([N+](=O)[O-])ccc1N=NN1CCCC1. The first kappa shape index (κ1) is 15.8. The highest BCUT2D eigenvalue weighted by Gasteiger charge is 2.18. The summed E-state index contributed by atoms with van der Waals surface area (Å²) >= 11 is 0. The fourth-order valence-electron chi connectivity index (χ4n) is 2.55. The summed E-state index contributed by atoms with van der Waals surface area (Å²) < 4.78 is 0. The molecular formula is C17H16N4O3. The van der Waals surface area contributed by atoms with Gasteiger partial charge in [-0.25, -0.2) is 0 Å². The van der Waals surface area contributed by atoms with Gasteiger partial charge in [-0.05, 0) is 18.9 Å². The van der Waals surface area contributed by atoms with E-state index < -0.39 is 4.92 Å². The van der Waals surface area contributed by atoms with Crippen molar-refractivity contribution in [1.29, 1.82) is 0 Å². The Morgan fingerprint density at radius 2 is 1.79 bits per heavy atom. The first-order valence-corrected chi connectivity index (χ1v) is 7.70. The lowest BCUT2D eigenvalue weighted by Gasteiger charge is -2.08. The highest BCUT2D eigenvalue weighted by atomic mass is 16.6. The second-order valence-corrected chi connectivity index (χ2v) is 5.50. The summed E-state index contributed by atoms with van der Waals surface area (Å²) in [6, 6.07) is 12.7. The molecule has 2 aromatic rings. The van der Waals surface area contributed by atoms with Crippen molar-refractivity contribution in [2.75, 3.05) is 13.1 Å². The molecule has 0 radical (unpaired) electrons. The Hall–Kier alpha value is -3.09. The third-order valence-electron chi connectivity index (χ3n) is 3.83. The third kappa shape index (κ3) is 3.45. The molecule has 7 heteroatoms. The van der Waals surface area contributed by atoms with Gasteiger partial charge in [0.25, 0.3) is 5.69 Å². The van der Waals surface area contributed by atoms with E-state index in [0.29, 0.717) is 11.3 Å². The molecule has 0 spiro atoms. The normalized spacial score (nSPS) is 14.2. The zero-order valence-corrected chi connectivity index (χ0v) is 13.0. The van der Waals surface area contributed by atoms with Gasteiger partial charge in [-0.3, -0.25) is 19.9 Å². The van der Waals surface area contributed by atoms with Gasteiger partial charge in [0, 0.05) is 30.8 Å². The molecule has 2 aromatic carbocycles. The third-order valence-corrected chi connectivity index (χ3v) is 3.83. The Labute approximate surface area is 138 Å². The number of hydrogen-bond donors (Lipinski definition) is 0. The van der Waals surface area contributed by atoms with E-state index in [1.807, 2.05) is 5.01 Å². The predicted octanol–water partition coefficient (Wildman–Crippen LogP) is 3.92. The molecule has 1 aliphatic heterocycles. The summed E-state index contributed by atoms with van der Waals surface area (Å²) in [6.45, 7) is 1.66. The average molecular weight is 324 g/mol. The van der Waals surface area contributed by atoms with Crippen LogP contribution < -0.4 is 0 Å². The molecule has 0 aromatic heterocycles. The molecule has 0 atom stereocenters. The number of rotatable bonds is 5. The first-order chi connectivity index (χ1) is 11.6. The predicted molar refractivity (Wildman–Crippen MR) is 88.3 cm³/mol. The van der Waals surface area contributed by atoms with Crippen LogP contribution in [0.4, 0.5) is 11.4 Å². The minimum atomic E-state index is -0.525. The van der Waals surface area contributed by atoms with Crippen LogP contribution in [0.1, 0.15) is 28.8 Å². The van der Waals surface area contributed by atoms with Crippen LogP contribution in [0.25, 0.3) is 0 Å². The molecule has 0 bridgehead atoms. The van der Waals surface area contributed by atoms with Crippen molar-refractivity contribution < 1.29 is 9.72 Å². The molecule has 24 heavy (non-hydrogen) atoms. The van der Waals surface area contributed by atoms with E-state index in [0.717, 1.165) is 25.9 Å². The van der Waals surface area contributed by atoms with E-state index in [2.05, 4.69) is 10.3 Å². The maximum atomic E-state index is 12.7. The first-order valence-electron chi connectivity index (χ1n) is 7.70. The molecule has 122 valence electrons. The molecule has 0 unspecified atom stereocenters. The molecule has 1 saturated heterocycles. The van der Waals surface area contributed by atoms with Gasteiger partial charge in [-0.2, -0.15) is 0 Å². The Balaban J connectivity index is 1.98. The standard InChI is InChI=1S/C17H16N4O3/c22-17(13-6-2-1-3-7-13)15-12-14(21(23)24)8-9-16(15)18-19-20-10-4-5-11-20/h1-3,6-9,12H,4-5,10-11H2. The van der Waals surface area contributed by atoms with Gasteiger partial charge >= 0.3 is 0 Å². The van der Waals surface area contributed by atoms with Crippen molar-refractivity contribution in [3.8, 4) is 0 Å². The number of nitro groups is 1. The van der Waals surface area contributed by atoms with Crippen molar-refractivity contribution >= 4 is 17.2 Å². The molecule has 0 aliphatic carbocycles. The molecule has 1 heterocycles. The molecular weight excluding hydrogens is 308 g/mol. The van der Waals surface area contributed by atoms with Crippen LogP contribution in [-0.2, 0) is 0 Å². The number of hydrogen-bond acceptors (Lipinski definition) is 5. The Morgan fingerprint density at radius 1 is 1.08 bits per heavy atom. The second-order valence-electron chi connectivity index (χ2n) is 5.50. The van der Waals surface area contributed by atoms with Gasteiger partial charge in [-0.1, -0.05) is 35.6 Å². The summed E-state index contributed by atoms with van der Waals surface area (Å²) in [4.78, 5) is 23.2. The highest BCUT2D eigenvalue weighted by molar-refractivity contribution is 6.12. The van der Waals surface area contributed by atoms with Crippen LogP contribution in [0.2, 0.25) is 0 Å². The fraction of sp³-hybridized carbons (Fsp3) is 0.235. The number of non-ortho nitro benzene ring substituents is 1. The van der Waals surface area contributed by atoms with Crippen LogP contribution in [0, 0.1) is 10.1 Å². The quantitative estimate of drug-likeness (QED) is 0.361. The van der Waals surface area contributed by atoms with Gasteiger partial charge in [0.05, 0.1) is 16.2 Å². The van der Waals surface area contributed by atoms with Crippen molar-refractivity contribution in [2.45, 2.75) is 12.8 Å². The lowest BCUT2D eigenvalue weighted by molar-refractivity contribution is -0.384. The van der Waals surface area contributed by atoms with E-state index >= 15 is 0 Å². The van der Waals surface area contributed by atoms with Gasteiger partial charge in [-0.15, -0.1) is 5.11 Å². The fourth-order valence-corrected chi connectivity index (χ4v) is 2.55. The summed E-state index contributed by atoms with van der Waals surface area (Å²) in [5.41, 5.74) is 0.824. The Morgan fingerprint density at radius 3 is 2.46 bits per heavy atom. The monoisotopic (exact) mass is 324 g/mol. The average Bonchev–Trinajstić information content (AvgIpc) is 3.13. The van der Waals surface area contributed by atoms with E-state index in [-0.39, 0.29) is 17.0 Å². The molecule has 0 saturated carbocycles. The lowest BCUT2D eigenvalue weighted by atomic mass is 10.0. The molecule has 0 amide bonds. The van der Waals surface area contributed by atoms with Crippen molar-refractivity contribution in [1.82, 2.24) is 5.01 Å². The smallest absolute Gasteiger partial charge is 0.270 e. The summed E-state index contributed by atoms with van der Waals surface area (Å²) in [6.07, 6.45) is 2.13. The summed E-state index contributed by atoms with van der Waals surface area (Å²) in [5, 5.41) is 21.1. The lowest BCUT2D eigenvalue weighted by Crippen LogP contribution is -2.10. The van der Waals surface area contributed by atoms with Crippen LogP contribution in [0.15, 0.2) is 58.9 Å². The number of carbonyl (C=O) groups is 1. The largest absolute Gasteiger partial charge is 0.289 e. The van der Waals surface area contributed by atoms with Crippen molar-refractivity contribution in [3.63, 3.8) is 0 Å². The minimum Gasteiger partial charge on any atom is -0.289 e. The summed E-state index contributed by atoms with van der Waals surface area (Å²) in [7, 11) is 0. The minimum absolute atomic E-state index is 0.144. The highest BCUT2D eigenvalue weighted by Crippen LogP contribution is 2.28. The number of ketones is 1. The number of nitro benzene ring substituents is 1. The molecule has 1 aliphatic rings. The van der Waals surface area contributed by atoms with E-state index in [4.69, 9.17) is 0 Å². The van der Waals surface area contributed by atoms with Gasteiger partial charge in [0.2, 0.25) is 0 Å². The number of nitrogens with zero attached hydrogens (tertiary/aromatic N) is 4. The van der Waals surface area contributed by atoms with Crippen LogP contribution in [0.5, 0.6) is 0 Å². The van der Waals surface area contributed by atoms with E-state index in [9.17, 15) is 14.9 Å². The van der Waals surface area contributed by atoms with Crippen LogP contribution >= 0.6 is 0 Å². The summed E-state index contributed by atoms with van der Waals surface area (Å²) in [5.74, 6) is -0.310. The maximum Gasteiger partial charge on any atom is 0.270 e. The molecule has 3 rings (SSSR count). The van der Waals surface area contributed by atoms with Gasteiger partial charge in [0.15, 0.2) is 5.78 Å². The van der Waals surface area contributed by atoms with Crippen LogP contribution in [-0.4, -0.2) is 28.8 Å². The van der Waals surface area contributed by atoms with E-state index in [1.165, 1.54) is 18.2 Å². The van der Waals surface area contributed by atoms with E-state index in [1.54, 1.807) is 30.3 Å². The molecule has 7 nitrogen and oxygen atoms in total. The molecule has 0 N–H and O–H groups in total. The van der Waals surface area contributed by atoms with Gasteiger partial charge in [0.1, 0.15) is 0 Å². The van der Waals surface area contributed by atoms with Crippen molar-refractivity contribution in [3.05, 3.63) is 69.8 Å². The zero-order chi connectivity index (χ0) is 16.9. The number of carbonyl (C=O) groups excluding carboxylic acids is 1. The Bertz CT molecular complexity index is 784. The maximum absolute atomic E-state index is 12.7. The van der Waals surface area contributed by atoms with Gasteiger partial charge < -0.3 is 0 Å². The Kier molecular flexibility index (Phi) is 4.60. The van der Waals surface area contributed by atoms with Crippen molar-refractivity contribution in [2.24, 2.45) is 10.3 Å². The zero-order valence-electron chi connectivity index (χ0n) is 13.0. The molecule has 1 fully saturated rings. The number of benzene rings is 2.